The van der Waals surface area contributed by atoms with Crippen LogP contribution in [0.1, 0.15) is 17.2 Å². The van der Waals surface area contributed by atoms with E-state index in [9.17, 15) is 0 Å². The molecular formula is C10H8INS. The molecule has 0 saturated carbocycles. The molecule has 2 atom stereocenters. The molecule has 1 aromatic rings. The van der Waals surface area contributed by atoms with Crippen LogP contribution in [0.15, 0.2) is 29.3 Å². The zero-order chi connectivity index (χ0) is 9.26. The van der Waals surface area contributed by atoms with Gasteiger partial charge in [0.1, 0.15) is 0 Å². The van der Waals surface area contributed by atoms with Crippen molar-refractivity contribution in [3.8, 4) is 0 Å². The van der Waals surface area contributed by atoms with Gasteiger partial charge in [0, 0.05) is 3.92 Å². The standard InChI is InChI=1S/C10H8INS/c11-9-5-7-3-1-2-4-8(7)10(9)12-6-13/h1-4,9-10H,5H2/t9-,10-/m0/s1. The molecule has 0 heterocycles. The first-order chi connectivity index (χ1) is 6.33. The van der Waals surface area contributed by atoms with Crippen LogP contribution in [-0.4, -0.2) is 9.09 Å². The second-order valence-electron chi connectivity index (χ2n) is 3.08. The van der Waals surface area contributed by atoms with Gasteiger partial charge in [-0.3, -0.25) is 0 Å². The maximum absolute atomic E-state index is 4.65. The van der Waals surface area contributed by atoms with E-state index >= 15 is 0 Å². The van der Waals surface area contributed by atoms with Crippen molar-refractivity contribution in [2.45, 2.75) is 16.4 Å². The van der Waals surface area contributed by atoms with E-state index in [1.807, 2.05) is 0 Å². The van der Waals surface area contributed by atoms with Gasteiger partial charge in [0.15, 0.2) is 0 Å². The highest BCUT2D eigenvalue weighted by atomic mass is 127. The summed E-state index contributed by atoms with van der Waals surface area (Å²) in [5.41, 5.74) is 2.72. The summed E-state index contributed by atoms with van der Waals surface area (Å²) >= 11 is 7.08. The quantitative estimate of drug-likeness (QED) is 0.336. The highest BCUT2D eigenvalue weighted by Gasteiger charge is 2.29. The van der Waals surface area contributed by atoms with E-state index in [1.54, 1.807) is 0 Å². The molecule has 2 rings (SSSR count). The molecule has 0 aliphatic heterocycles. The fourth-order valence-corrected chi connectivity index (χ4v) is 2.87. The molecule has 1 nitrogen and oxygen atoms in total. The molecular weight excluding hydrogens is 293 g/mol. The average molecular weight is 301 g/mol. The zero-order valence-electron chi connectivity index (χ0n) is 6.90. The molecule has 0 radical (unpaired) electrons. The molecule has 0 fully saturated rings. The summed E-state index contributed by atoms with van der Waals surface area (Å²) in [5, 5.41) is 2.48. The molecule has 1 aliphatic rings. The molecule has 13 heavy (non-hydrogen) atoms. The Hall–Kier alpha value is -0.250. The molecule has 0 N–H and O–H groups in total. The Morgan fingerprint density at radius 2 is 2.23 bits per heavy atom. The van der Waals surface area contributed by atoms with Crippen LogP contribution < -0.4 is 0 Å². The maximum Gasteiger partial charge on any atom is 0.0975 e. The third-order valence-electron chi connectivity index (χ3n) is 2.32. The van der Waals surface area contributed by atoms with Gasteiger partial charge >= 0.3 is 0 Å². The summed E-state index contributed by atoms with van der Waals surface area (Å²) in [4.78, 5) is 4.20. The first-order valence-electron chi connectivity index (χ1n) is 4.12. The average Bonchev–Trinajstić information content (AvgIpc) is 2.44. The fraction of sp³-hybridized carbons (Fsp3) is 0.300. The number of hydrogen-bond donors (Lipinski definition) is 0. The summed E-state index contributed by atoms with van der Waals surface area (Å²) in [7, 11) is 0. The van der Waals surface area contributed by atoms with Crippen LogP contribution in [0.4, 0.5) is 0 Å². The second kappa shape index (κ2) is 3.86. The molecule has 0 bridgehead atoms. The molecule has 66 valence electrons. The van der Waals surface area contributed by atoms with E-state index in [-0.39, 0.29) is 6.04 Å². The Bertz CT molecular complexity index is 371. The van der Waals surface area contributed by atoms with Crippen molar-refractivity contribution in [2.24, 2.45) is 4.99 Å². The van der Waals surface area contributed by atoms with Gasteiger partial charge in [0.25, 0.3) is 0 Å². The minimum Gasteiger partial charge on any atom is -0.223 e. The van der Waals surface area contributed by atoms with Gasteiger partial charge in [0.2, 0.25) is 0 Å². The van der Waals surface area contributed by atoms with E-state index in [4.69, 9.17) is 0 Å². The van der Waals surface area contributed by atoms with E-state index in [1.165, 1.54) is 11.1 Å². The number of hydrogen-bond acceptors (Lipinski definition) is 2. The predicted molar refractivity (Wildman–Crippen MR) is 65.7 cm³/mol. The normalized spacial score (nSPS) is 25.0. The van der Waals surface area contributed by atoms with Gasteiger partial charge < -0.3 is 0 Å². The van der Waals surface area contributed by atoms with Crippen molar-refractivity contribution < 1.29 is 0 Å². The lowest BCUT2D eigenvalue weighted by atomic mass is 10.1. The fourth-order valence-electron chi connectivity index (χ4n) is 1.73. The topological polar surface area (TPSA) is 12.4 Å². The molecule has 1 aromatic carbocycles. The zero-order valence-corrected chi connectivity index (χ0v) is 9.88. The van der Waals surface area contributed by atoms with E-state index in [2.05, 4.69) is 69.2 Å². The highest BCUT2D eigenvalue weighted by molar-refractivity contribution is 14.1. The monoisotopic (exact) mass is 301 g/mol. The number of thiocarbonyl (C=S) groups is 1. The summed E-state index contributed by atoms with van der Waals surface area (Å²) in [6.07, 6.45) is 1.10. The second-order valence-corrected chi connectivity index (χ2v) is 4.87. The SMILES string of the molecule is S=C=N[C@H]1c2ccccc2C[C@@H]1I. The van der Waals surface area contributed by atoms with Crippen molar-refractivity contribution >= 4 is 40.0 Å². The van der Waals surface area contributed by atoms with Crippen molar-refractivity contribution in [2.75, 3.05) is 0 Å². The molecule has 0 amide bonds. The smallest absolute Gasteiger partial charge is 0.0975 e. The summed E-state index contributed by atoms with van der Waals surface area (Å²) in [6, 6.07) is 8.66. The molecule has 1 aliphatic carbocycles. The maximum atomic E-state index is 4.65. The molecule has 0 spiro atoms. The minimum atomic E-state index is 0.231. The van der Waals surface area contributed by atoms with Gasteiger partial charge in [-0.05, 0) is 29.8 Å². The first kappa shape index (κ1) is 9.31. The van der Waals surface area contributed by atoms with Gasteiger partial charge in [0.05, 0.1) is 11.2 Å². The number of benzene rings is 1. The summed E-state index contributed by atoms with van der Waals surface area (Å²) in [5.74, 6) is 0. The van der Waals surface area contributed by atoms with E-state index in [0.717, 1.165) is 6.42 Å². The molecule has 3 heteroatoms. The van der Waals surface area contributed by atoms with Crippen LogP contribution in [0.2, 0.25) is 0 Å². The minimum absolute atomic E-state index is 0.231. The summed E-state index contributed by atoms with van der Waals surface area (Å²) < 4.78 is 0.533. The Morgan fingerprint density at radius 1 is 1.46 bits per heavy atom. The molecule has 0 saturated heterocycles. The lowest BCUT2D eigenvalue weighted by molar-refractivity contribution is 0.762. The van der Waals surface area contributed by atoms with Gasteiger partial charge in [-0.15, -0.1) is 0 Å². The molecule has 0 aromatic heterocycles. The van der Waals surface area contributed by atoms with Crippen molar-refractivity contribution in [3.05, 3.63) is 35.4 Å². The van der Waals surface area contributed by atoms with Crippen molar-refractivity contribution in [1.29, 1.82) is 0 Å². The first-order valence-corrected chi connectivity index (χ1v) is 5.77. The van der Waals surface area contributed by atoms with Crippen molar-refractivity contribution in [1.82, 2.24) is 0 Å². The number of alkyl halides is 1. The Labute approximate surface area is 96.4 Å². The highest BCUT2D eigenvalue weighted by Crippen LogP contribution is 2.38. The number of nitrogens with zero attached hydrogens (tertiary/aromatic N) is 1. The Balaban J connectivity index is 2.46. The lowest BCUT2D eigenvalue weighted by Gasteiger charge is -2.06. The van der Waals surface area contributed by atoms with Crippen LogP contribution in [0, 0.1) is 0 Å². The largest absolute Gasteiger partial charge is 0.223 e. The van der Waals surface area contributed by atoms with Crippen LogP contribution in [0.3, 0.4) is 0 Å². The van der Waals surface area contributed by atoms with Gasteiger partial charge in [-0.2, -0.15) is 0 Å². The number of fused-ring (bicyclic) bond motifs is 1. The van der Waals surface area contributed by atoms with Crippen LogP contribution in [0.5, 0.6) is 0 Å². The molecule has 0 unspecified atom stereocenters. The number of rotatable bonds is 1. The predicted octanol–water partition coefficient (Wildman–Crippen LogP) is 3.19. The van der Waals surface area contributed by atoms with Crippen LogP contribution in [-0.2, 0) is 6.42 Å². The third kappa shape index (κ3) is 1.68. The number of halogens is 1. The van der Waals surface area contributed by atoms with Gasteiger partial charge in [-0.25, -0.2) is 4.99 Å². The van der Waals surface area contributed by atoms with Crippen molar-refractivity contribution in [3.63, 3.8) is 0 Å². The van der Waals surface area contributed by atoms with Crippen LogP contribution >= 0.6 is 34.8 Å². The summed E-state index contributed by atoms with van der Waals surface area (Å²) in [6.45, 7) is 0. The van der Waals surface area contributed by atoms with E-state index < -0.39 is 0 Å². The van der Waals surface area contributed by atoms with Gasteiger partial charge in [-0.1, -0.05) is 46.9 Å². The number of isothiocyanates is 1. The Kier molecular flexibility index (Phi) is 2.77. The van der Waals surface area contributed by atoms with Crippen LogP contribution in [0.25, 0.3) is 0 Å². The Morgan fingerprint density at radius 3 is 3.00 bits per heavy atom. The third-order valence-corrected chi connectivity index (χ3v) is 3.55. The van der Waals surface area contributed by atoms with E-state index in [0.29, 0.717) is 3.92 Å². The number of aliphatic imine (C=N–C) groups is 1. The lowest BCUT2D eigenvalue weighted by Crippen LogP contribution is -2.02.